The highest BCUT2D eigenvalue weighted by atomic mass is 35.5. The van der Waals surface area contributed by atoms with Gasteiger partial charge in [0.25, 0.3) is 0 Å². The Morgan fingerprint density at radius 3 is 2.53 bits per heavy atom. The molecule has 0 aliphatic rings. The molecule has 0 radical (unpaired) electrons. The SMILES string of the molecule is CC(C)c1cc(C#N)cc(Oc2c(Cl)cc(NC(=O)Cc3cccnc3)cc2Cl)c1. The summed E-state index contributed by atoms with van der Waals surface area (Å²) in [5.41, 5.74) is 2.71. The van der Waals surface area contributed by atoms with Crippen molar-refractivity contribution in [3.8, 4) is 17.6 Å². The molecule has 0 unspecified atom stereocenters. The van der Waals surface area contributed by atoms with Crippen molar-refractivity contribution in [1.82, 2.24) is 4.98 Å². The van der Waals surface area contributed by atoms with Crippen molar-refractivity contribution in [3.05, 3.63) is 81.6 Å². The summed E-state index contributed by atoms with van der Waals surface area (Å²) in [4.78, 5) is 16.3. The number of nitrogens with one attached hydrogen (secondary N) is 1. The highest BCUT2D eigenvalue weighted by molar-refractivity contribution is 6.37. The topological polar surface area (TPSA) is 75.0 Å². The summed E-state index contributed by atoms with van der Waals surface area (Å²) in [5, 5.41) is 12.5. The van der Waals surface area contributed by atoms with Gasteiger partial charge in [0.15, 0.2) is 5.75 Å². The number of hydrogen-bond acceptors (Lipinski definition) is 4. The molecule has 7 heteroatoms. The van der Waals surface area contributed by atoms with E-state index in [1.54, 1.807) is 36.7 Å². The first-order chi connectivity index (χ1) is 14.4. The molecule has 0 fully saturated rings. The lowest BCUT2D eigenvalue weighted by atomic mass is 10.0. The van der Waals surface area contributed by atoms with Gasteiger partial charge < -0.3 is 10.1 Å². The summed E-state index contributed by atoms with van der Waals surface area (Å²) in [6.07, 6.45) is 3.47. The van der Waals surface area contributed by atoms with E-state index in [9.17, 15) is 10.1 Å². The van der Waals surface area contributed by atoms with Crippen molar-refractivity contribution < 1.29 is 9.53 Å². The van der Waals surface area contributed by atoms with Crippen LogP contribution in [0.15, 0.2) is 54.9 Å². The summed E-state index contributed by atoms with van der Waals surface area (Å²) in [7, 11) is 0. The molecule has 3 rings (SSSR count). The lowest BCUT2D eigenvalue weighted by Gasteiger charge is -2.14. The van der Waals surface area contributed by atoms with Crippen LogP contribution in [0.5, 0.6) is 11.5 Å². The monoisotopic (exact) mass is 439 g/mol. The zero-order valence-corrected chi connectivity index (χ0v) is 18.0. The Hall–Kier alpha value is -3.07. The molecule has 1 aromatic heterocycles. The Morgan fingerprint density at radius 2 is 1.93 bits per heavy atom. The van der Waals surface area contributed by atoms with Gasteiger partial charge in [-0.2, -0.15) is 5.26 Å². The van der Waals surface area contributed by atoms with Gasteiger partial charge in [0.1, 0.15) is 5.75 Å². The highest BCUT2D eigenvalue weighted by Crippen LogP contribution is 2.39. The van der Waals surface area contributed by atoms with Crippen LogP contribution in [0.1, 0.15) is 36.5 Å². The van der Waals surface area contributed by atoms with Crippen molar-refractivity contribution in [2.24, 2.45) is 0 Å². The Bertz CT molecular complexity index is 1090. The average Bonchev–Trinajstić information content (AvgIpc) is 2.71. The Kier molecular flexibility index (Phi) is 6.94. The maximum absolute atomic E-state index is 12.3. The third kappa shape index (κ3) is 5.50. The lowest BCUT2D eigenvalue weighted by molar-refractivity contribution is -0.115. The van der Waals surface area contributed by atoms with Crippen molar-refractivity contribution in [3.63, 3.8) is 0 Å². The van der Waals surface area contributed by atoms with E-state index in [-0.39, 0.29) is 34.0 Å². The molecule has 0 saturated heterocycles. The second kappa shape index (κ2) is 9.62. The van der Waals surface area contributed by atoms with E-state index in [2.05, 4.69) is 16.4 Å². The molecule has 3 aromatic rings. The minimum atomic E-state index is -0.216. The van der Waals surface area contributed by atoms with E-state index in [1.807, 2.05) is 32.0 Å². The van der Waals surface area contributed by atoms with Gasteiger partial charge in [-0.15, -0.1) is 0 Å². The summed E-state index contributed by atoms with van der Waals surface area (Å²) >= 11 is 12.7. The summed E-state index contributed by atoms with van der Waals surface area (Å²) in [6, 6.07) is 14.2. The van der Waals surface area contributed by atoms with E-state index >= 15 is 0 Å². The van der Waals surface area contributed by atoms with Gasteiger partial charge in [-0.25, -0.2) is 0 Å². The molecular weight excluding hydrogens is 421 g/mol. The highest BCUT2D eigenvalue weighted by Gasteiger charge is 2.14. The average molecular weight is 440 g/mol. The van der Waals surface area contributed by atoms with Crippen LogP contribution in [0.3, 0.4) is 0 Å². The molecule has 0 aliphatic heterocycles. The number of hydrogen-bond donors (Lipinski definition) is 1. The summed E-state index contributed by atoms with van der Waals surface area (Å²) in [6.45, 7) is 4.06. The number of ether oxygens (including phenoxy) is 1. The molecule has 152 valence electrons. The number of rotatable bonds is 6. The van der Waals surface area contributed by atoms with Gasteiger partial charge in [-0.3, -0.25) is 9.78 Å². The number of nitriles is 1. The number of aromatic nitrogens is 1. The van der Waals surface area contributed by atoms with Crippen LogP contribution in [0, 0.1) is 11.3 Å². The minimum absolute atomic E-state index is 0.181. The summed E-state index contributed by atoms with van der Waals surface area (Å²) in [5.74, 6) is 0.736. The van der Waals surface area contributed by atoms with Gasteiger partial charge in [0, 0.05) is 18.1 Å². The standard InChI is InChI=1S/C23H19Cl2N3O2/c1-14(2)17-6-16(12-26)7-19(9-17)30-23-20(24)10-18(11-21(23)25)28-22(29)8-15-4-3-5-27-13-15/h3-7,9-11,13-14H,8H2,1-2H3,(H,28,29). The molecule has 5 nitrogen and oxygen atoms in total. The molecule has 30 heavy (non-hydrogen) atoms. The molecule has 0 atom stereocenters. The number of carbonyl (C=O) groups excluding carboxylic acids is 1. The first-order valence-corrected chi connectivity index (χ1v) is 10.0. The molecule has 0 saturated carbocycles. The summed E-state index contributed by atoms with van der Waals surface area (Å²) < 4.78 is 5.89. The van der Waals surface area contributed by atoms with Crippen molar-refractivity contribution in [2.45, 2.75) is 26.2 Å². The Labute approximate surface area is 185 Å². The number of anilines is 1. The van der Waals surface area contributed by atoms with Crippen LogP contribution in [0.2, 0.25) is 10.0 Å². The van der Waals surface area contributed by atoms with Gasteiger partial charge in [-0.05, 0) is 53.4 Å². The number of benzene rings is 2. The molecule has 1 heterocycles. The van der Waals surface area contributed by atoms with E-state index in [1.165, 1.54) is 0 Å². The van der Waals surface area contributed by atoms with E-state index < -0.39 is 0 Å². The zero-order valence-electron chi connectivity index (χ0n) is 16.4. The van der Waals surface area contributed by atoms with Gasteiger partial charge in [0.05, 0.1) is 28.1 Å². The number of halogens is 2. The van der Waals surface area contributed by atoms with Crippen LogP contribution in [0.4, 0.5) is 5.69 Å². The third-order valence-electron chi connectivity index (χ3n) is 4.31. The maximum Gasteiger partial charge on any atom is 0.228 e. The second-order valence-corrected chi connectivity index (χ2v) is 7.83. The quantitative estimate of drug-likeness (QED) is 0.484. The number of amides is 1. The molecule has 1 N–H and O–H groups in total. The molecule has 2 aromatic carbocycles. The Morgan fingerprint density at radius 1 is 1.20 bits per heavy atom. The largest absolute Gasteiger partial charge is 0.454 e. The first kappa shape index (κ1) is 21.6. The van der Waals surface area contributed by atoms with E-state index in [0.29, 0.717) is 17.0 Å². The lowest BCUT2D eigenvalue weighted by Crippen LogP contribution is -2.14. The number of carbonyl (C=O) groups is 1. The predicted octanol–water partition coefficient (Wildman–Crippen LogP) is 6.36. The number of nitrogens with zero attached hydrogens (tertiary/aromatic N) is 2. The van der Waals surface area contributed by atoms with Gasteiger partial charge in [0.2, 0.25) is 5.91 Å². The minimum Gasteiger partial charge on any atom is -0.454 e. The fourth-order valence-corrected chi connectivity index (χ4v) is 3.38. The Balaban J connectivity index is 1.79. The molecule has 0 bridgehead atoms. The normalized spacial score (nSPS) is 10.5. The molecule has 0 aliphatic carbocycles. The van der Waals surface area contributed by atoms with E-state index in [0.717, 1.165) is 11.1 Å². The van der Waals surface area contributed by atoms with Gasteiger partial charge in [-0.1, -0.05) is 43.1 Å². The van der Waals surface area contributed by atoms with Crippen LogP contribution in [-0.4, -0.2) is 10.9 Å². The second-order valence-electron chi connectivity index (χ2n) is 7.01. The van der Waals surface area contributed by atoms with Crippen molar-refractivity contribution >= 4 is 34.8 Å². The van der Waals surface area contributed by atoms with Gasteiger partial charge >= 0.3 is 0 Å². The number of pyridine rings is 1. The van der Waals surface area contributed by atoms with Crippen LogP contribution < -0.4 is 10.1 Å². The smallest absolute Gasteiger partial charge is 0.228 e. The fraction of sp³-hybridized carbons (Fsp3) is 0.174. The first-order valence-electron chi connectivity index (χ1n) is 9.26. The third-order valence-corrected chi connectivity index (χ3v) is 4.88. The maximum atomic E-state index is 12.3. The molecular formula is C23H19Cl2N3O2. The van der Waals surface area contributed by atoms with Crippen LogP contribution in [0.25, 0.3) is 0 Å². The molecule has 1 amide bonds. The zero-order chi connectivity index (χ0) is 21.7. The van der Waals surface area contributed by atoms with Crippen molar-refractivity contribution in [1.29, 1.82) is 5.26 Å². The molecule has 0 spiro atoms. The van der Waals surface area contributed by atoms with E-state index in [4.69, 9.17) is 27.9 Å². The fourth-order valence-electron chi connectivity index (χ4n) is 2.82. The van der Waals surface area contributed by atoms with Crippen molar-refractivity contribution in [2.75, 3.05) is 5.32 Å². The predicted molar refractivity (Wildman–Crippen MR) is 118 cm³/mol. The van der Waals surface area contributed by atoms with Crippen LogP contribution >= 0.6 is 23.2 Å². The van der Waals surface area contributed by atoms with Crippen LogP contribution in [-0.2, 0) is 11.2 Å².